The summed E-state index contributed by atoms with van der Waals surface area (Å²) in [5, 5.41) is 10.6. The Morgan fingerprint density at radius 3 is 2.31 bits per heavy atom. The number of aldehydes is 1. The number of amides is 1. The predicted molar refractivity (Wildman–Crippen MR) is 158 cm³/mol. The second kappa shape index (κ2) is 21.4. The van der Waals surface area contributed by atoms with Crippen molar-refractivity contribution in [2.75, 3.05) is 25.1 Å². The summed E-state index contributed by atoms with van der Waals surface area (Å²) in [6.07, 6.45) is 11.7. The van der Waals surface area contributed by atoms with Gasteiger partial charge in [-0.05, 0) is 61.6 Å². The average Bonchev–Trinajstić information content (AvgIpc) is 2.95. The lowest BCUT2D eigenvalue weighted by Crippen LogP contribution is -2.13. The molecule has 0 heterocycles. The van der Waals surface area contributed by atoms with Crippen LogP contribution in [0, 0.1) is 5.41 Å². The van der Waals surface area contributed by atoms with Gasteiger partial charge >= 0.3 is 6.09 Å². The normalized spacial score (nSPS) is 10.4. The summed E-state index contributed by atoms with van der Waals surface area (Å²) in [4.78, 5) is 34.2. The van der Waals surface area contributed by atoms with Crippen molar-refractivity contribution in [2.24, 2.45) is 0 Å². The summed E-state index contributed by atoms with van der Waals surface area (Å²) in [6, 6.07) is 13.8. The zero-order valence-corrected chi connectivity index (χ0v) is 23.7. The molecule has 0 bridgehead atoms. The number of hydrogen-bond donors (Lipinski definition) is 2. The van der Waals surface area contributed by atoms with Crippen molar-refractivity contribution in [1.29, 1.82) is 5.41 Å². The molecule has 2 rings (SSSR count). The number of carbonyl (C=O) groups is 3. The standard InChI is InChI=1S/C22H22N2O4.C10H22O/c1-2-28-22(27)24-19-5-3-4-16(14-19)8-11-20(26)12-13-21(23)18-9-6-17(15-25)7-10-18;1-3-5-6-7-8-10-11-9-4-2/h3-7,9-10,12-15,23H,2,8,11H2,1H3,(H,24,27);3-10H2,1-2H3/b13-12-,23-21?;. The minimum atomic E-state index is -0.515. The quantitative estimate of drug-likeness (QED) is 0.0938. The Labute approximate surface area is 233 Å². The van der Waals surface area contributed by atoms with E-state index in [4.69, 9.17) is 14.9 Å². The lowest BCUT2D eigenvalue weighted by molar-refractivity contribution is -0.114. The van der Waals surface area contributed by atoms with Crippen LogP contribution in [0.15, 0.2) is 60.7 Å². The van der Waals surface area contributed by atoms with Crippen molar-refractivity contribution in [3.63, 3.8) is 0 Å². The number of unbranched alkanes of at least 4 members (excludes halogenated alkanes) is 4. The molecule has 2 aromatic carbocycles. The van der Waals surface area contributed by atoms with Crippen LogP contribution in [-0.2, 0) is 20.7 Å². The molecule has 2 N–H and O–H groups in total. The van der Waals surface area contributed by atoms with E-state index in [2.05, 4.69) is 19.2 Å². The van der Waals surface area contributed by atoms with E-state index in [-0.39, 0.29) is 17.9 Å². The van der Waals surface area contributed by atoms with Crippen LogP contribution in [0.1, 0.15) is 87.2 Å². The lowest BCUT2D eigenvalue weighted by Gasteiger charge is -2.07. The molecule has 0 atom stereocenters. The molecule has 0 saturated heterocycles. The van der Waals surface area contributed by atoms with Crippen LogP contribution in [0.5, 0.6) is 0 Å². The number of rotatable bonds is 17. The van der Waals surface area contributed by atoms with Gasteiger partial charge in [0, 0.05) is 30.9 Å². The zero-order valence-electron chi connectivity index (χ0n) is 23.7. The van der Waals surface area contributed by atoms with Crippen LogP contribution >= 0.6 is 0 Å². The molecule has 0 radical (unpaired) electrons. The second-order valence-electron chi connectivity index (χ2n) is 9.03. The summed E-state index contributed by atoms with van der Waals surface area (Å²) in [7, 11) is 0. The van der Waals surface area contributed by atoms with Gasteiger partial charge in [0.2, 0.25) is 0 Å². The predicted octanol–water partition coefficient (Wildman–Crippen LogP) is 7.58. The maximum absolute atomic E-state index is 12.1. The number of aryl methyl sites for hydroxylation is 1. The van der Waals surface area contributed by atoms with Gasteiger partial charge in [-0.2, -0.15) is 0 Å². The number of hydrogen-bond acceptors (Lipinski definition) is 6. The molecule has 7 nitrogen and oxygen atoms in total. The van der Waals surface area contributed by atoms with Gasteiger partial charge in [-0.25, -0.2) is 4.79 Å². The first-order valence-electron chi connectivity index (χ1n) is 13.9. The highest BCUT2D eigenvalue weighted by molar-refractivity contribution is 6.09. The molecule has 7 heteroatoms. The number of benzene rings is 2. The van der Waals surface area contributed by atoms with Gasteiger partial charge in [-0.3, -0.25) is 14.9 Å². The maximum Gasteiger partial charge on any atom is 0.411 e. The van der Waals surface area contributed by atoms with Crippen molar-refractivity contribution >= 4 is 29.6 Å². The van der Waals surface area contributed by atoms with E-state index >= 15 is 0 Å². The molecule has 0 unspecified atom stereocenters. The number of allylic oxidation sites excluding steroid dienone is 2. The minimum absolute atomic E-state index is 0.0991. The van der Waals surface area contributed by atoms with Crippen LogP contribution in [0.25, 0.3) is 0 Å². The second-order valence-corrected chi connectivity index (χ2v) is 9.03. The number of carbonyl (C=O) groups excluding carboxylic acids is 3. The Balaban J connectivity index is 0.000000584. The molecule has 0 fully saturated rings. The Hall–Kier alpha value is -3.58. The monoisotopic (exact) mass is 536 g/mol. The van der Waals surface area contributed by atoms with Crippen LogP contribution in [0.4, 0.5) is 10.5 Å². The molecular formula is C32H44N2O5. The van der Waals surface area contributed by atoms with Gasteiger partial charge in [0.15, 0.2) is 5.78 Å². The molecule has 39 heavy (non-hydrogen) atoms. The molecule has 2 aromatic rings. The van der Waals surface area contributed by atoms with Gasteiger partial charge < -0.3 is 14.9 Å². The highest BCUT2D eigenvalue weighted by atomic mass is 16.5. The van der Waals surface area contributed by atoms with Crippen LogP contribution in [0.3, 0.4) is 0 Å². The van der Waals surface area contributed by atoms with Crippen molar-refractivity contribution in [2.45, 2.75) is 72.1 Å². The first-order chi connectivity index (χ1) is 18.9. The Kier molecular flexibility index (Phi) is 18.3. The van der Waals surface area contributed by atoms with E-state index in [1.807, 2.05) is 6.07 Å². The van der Waals surface area contributed by atoms with Crippen LogP contribution in [0.2, 0.25) is 0 Å². The summed E-state index contributed by atoms with van der Waals surface area (Å²) in [5.74, 6) is -0.0991. The van der Waals surface area contributed by atoms with E-state index in [1.165, 1.54) is 44.3 Å². The van der Waals surface area contributed by atoms with Crippen molar-refractivity contribution in [3.05, 3.63) is 77.4 Å². The molecule has 0 aromatic heterocycles. The van der Waals surface area contributed by atoms with Gasteiger partial charge in [-0.15, -0.1) is 0 Å². The fraction of sp³-hybridized carbons (Fsp3) is 0.438. The SMILES string of the molecule is CCCCCCCOCCC.CCOC(=O)Nc1cccc(CCC(=O)/C=C\C(=N)c2ccc(C=O)cc2)c1. The first kappa shape index (κ1) is 33.4. The first-order valence-corrected chi connectivity index (χ1v) is 13.9. The third-order valence-electron chi connectivity index (χ3n) is 5.64. The smallest absolute Gasteiger partial charge is 0.411 e. The molecule has 0 aliphatic rings. The number of nitrogens with one attached hydrogen (secondary N) is 2. The molecule has 0 aliphatic heterocycles. The summed E-state index contributed by atoms with van der Waals surface area (Å²) >= 11 is 0. The minimum Gasteiger partial charge on any atom is -0.450 e. The fourth-order valence-corrected chi connectivity index (χ4v) is 3.51. The summed E-state index contributed by atoms with van der Waals surface area (Å²) < 4.78 is 10.2. The van der Waals surface area contributed by atoms with Crippen molar-refractivity contribution in [3.8, 4) is 0 Å². The number of ketones is 1. The van der Waals surface area contributed by atoms with E-state index in [1.54, 1.807) is 49.4 Å². The van der Waals surface area contributed by atoms with Crippen LogP contribution < -0.4 is 5.32 Å². The molecule has 0 saturated carbocycles. The lowest BCUT2D eigenvalue weighted by atomic mass is 10.0. The van der Waals surface area contributed by atoms with Crippen molar-refractivity contribution < 1.29 is 23.9 Å². The van der Waals surface area contributed by atoms with E-state index in [0.29, 0.717) is 29.8 Å². The van der Waals surface area contributed by atoms with E-state index in [0.717, 1.165) is 31.5 Å². The van der Waals surface area contributed by atoms with E-state index in [9.17, 15) is 14.4 Å². The highest BCUT2D eigenvalue weighted by Gasteiger charge is 2.05. The highest BCUT2D eigenvalue weighted by Crippen LogP contribution is 2.13. The van der Waals surface area contributed by atoms with E-state index < -0.39 is 6.09 Å². The molecule has 0 spiro atoms. The van der Waals surface area contributed by atoms with Crippen LogP contribution in [-0.4, -0.2) is 43.7 Å². The molecular weight excluding hydrogens is 492 g/mol. The summed E-state index contributed by atoms with van der Waals surface area (Å²) in [5.41, 5.74) is 2.89. The average molecular weight is 537 g/mol. The van der Waals surface area contributed by atoms with Crippen molar-refractivity contribution in [1.82, 2.24) is 0 Å². The molecule has 212 valence electrons. The zero-order chi connectivity index (χ0) is 28.7. The number of ether oxygens (including phenoxy) is 2. The molecule has 1 amide bonds. The largest absolute Gasteiger partial charge is 0.450 e. The van der Waals surface area contributed by atoms with Gasteiger partial charge in [0.25, 0.3) is 0 Å². The maximum atomic E-state index is 12.1. The Morgan fingerprint density at radius 2 is 1.64 bits per heavy atom. The van der Waals surface area contributed by atoms with Gasteiger partial charge in [-0.1, -0.05) is 75.9 Å². The fourth-order valence-electron chi connectivity index (χ4n) is 3.51. The number of anilines is 1. The molecule has 0 aliphatic carbocycles. The van der Waals surface area contributed by atoms with Gasteiger partial charge in [0.05, 0.1) is 12.3 Å². The Morgan fingerprint density at radius 1 is 0.897 bits per heavy atom. The topological polar surface area (TPSA) is 106 Å². The Bertz CT molecular complexity index is 1020. The third kappa shape index (κ3) is 16.1. The third-order valence-corrected chi connectivity index (χ3v) is 5.64. The van der Waals surface area contributed by atoms with Gasteiger partial charge in [0.1, 0.15) is 6.29 Å². The summed E-state index contributed by atoms with van der Waals surface area (Å²) in [6.45, 7) is 8.33.